The Kier molecular flexibility index (Phi) is 5.89. The smallest absolute Gasteiger partial charge is 0.193 e. The van der Waals surface area contributed by atoms with Crippen molar-refractivity contribution in [3.63, 3.8) is 0 Å². The average Bonchev–Trinajstić information content (AvgIpc) is 3.51. The van der Waals surface area contributed by atoms with E-state index in [4.69, 9.17) is 4.99 Å². The standard InChI is InChI=1S/C42H31NO/c1-26-14-18-32-34-20-16-30(40(43-3)28-10-6-4-7-11-28)24-38(34)42(36(32)22-26)37-23-27(2)15-19-33(37)35-21-17-31(25-39(35)42)41(44)29-12-8-5-9-13-29/h4-25H,1-3H3. The number of fused-ring (bicyclic) bond motifs is 10. The maximum atomic E-state index is 13.8. The van der Waals surface area contributed by atoms with Crippen LogP contribution in [0.25, 0.3) is 22.3 Å². The molecule has 0 aromatic heterocycles. The lowest BCUT2D eigenvalue weighted by molar-refractivity contribution is 0.103. The van der Waals surface area contributed by atoms with Crippen LogP contribution < -0.4 is 0 Å². The molecule has 1 unspecified atom stereocenters. The van der Waals surface area contributed by atoms with Crippen molar-refractivity contribution in [2.75, 3.05) is 7.05 Å². The van der Waals surface area contributed by atoms with Gasteiger partial charge in [-0.15, -0.1) is 0 Å². The SMILES string of the molecule is CN=C(c1ccccc1)c1ccc2c(c1)C1(c3cc(C)ccc3-c3ccc(C(=O)c4ccccc4)cc31)c1cc(C)ccc1-2. The molecule has 8 rings (SSSR count). The van der Waals surface area contributed by atoms with Gasteiger partial charge < -0.3 is 0 Å². The van der Waals surface area contributed by atoms with E-state index in [1.165, 1.54) is 50.1 Å². The number of nitrogens with zero attached hydrogens (tertiary/aromatic N) is 1. The van der Waals surface area contributed by atoms with Crippen molar-refractivity contribution in [2.24, 2.45) is 4.99 Å². The molecular weight excluding hydrogens is 534 g/mol. The molecule has 6 aromatic rings. The number of aliphatic imine (C=N–C) groups is 1. The Morgan fingerprint density at radius 1 is 0.477 bits per heavy atom. The second kappa shape index (κ2) is 9.86. The highest BCUT2D eigenvalue weighted by atomic mass is 16.1. The second-order valence-corrected chi connectivity index (χ2v) is 12.0. The van der Waals surface area contributed by atoms with E-state index in [9.17, 15) is 4.79 Å². The average molecular weight is 566 g/mol. The van der Waals surface area contributed by atoms with E-state index >= 15 is 0 Å². The van der Waals surface area contributed by atoms with Crippen LogP contribution in [0.4, 0.5) is 0 Å². The Morgan fingerprint density at radius 3 is 1.43 bits per heavy atom. The molecule has 2 heteroatoms. The zero-order chi connectivity index (χ0) is 30.0. The summed E-state index contributed by atoms with van der Waals surface area (Å²) in [6.45, 7) is 4.34. The van der Waals surface area contributed by atoms with Gasteiger partial charge in [-0.05, 0) is 70.5 Å². The van der Waals surface area contributed by atoms with Crippen LogP contribution in [-0.4, -0.2) is 18.5 Å². The third-order valence-electron chi connectivity index (χ3n) is 9.43. The van der Waals surface area contributed by atoms with Gasteiger partial charge in [0.05, 0.1) is 11.1 Å². The molecular formula is C42H31NO. The molecule has 1 atom stereocenters. The second-order valence-electron chi connectivity index (χ2n) is 12.0. The highest BCUT2D eigenvalue weighted by Crippen LogP contribution is 2.63. The van der Waals surface area contributed by atoms with Gasteiger partial charge in [-0.3, -0.25) is 9.79 Å². The first kappa shape index (κ1) is 26.3. The van der Waals surface area contributed by atoms with Crippen molar-refractivity contribution in [2.45, 2.75) is 19.3 Å². The lowest BCUT2D eigenvalue weighted by atomic mass is 9.69. The predicted molar refractivity (Wildman–Crippen MR) is 180 cm³/mol. The number of rotatable bonds is 4. The Morgan fingerprint density at radius 2 is 0.909 bits per heavy atom. The number of benzene rings is 6. The van der Waals surface area contributed by atoms with Crippen molar-refractivity contribution >= 4 is 11.5 Å². The summed E-state index contributed by atoms with van der Waals surface area (Å²) in [4.78, 5) is 18.6. The first-order chi connectivity index (χ1) is 21.5. The zero-order valence-corrected chi connectivity index (χ0v) is 25.1. The van der Waals surface area contributed by atoms with Crippen LogP contribution in [0.15, 0.2) is 138 Å². The van der Waals surface area contributed by atoms with Gasteiger partial charge >= 0.3 is 0 Å². The van der Waals surface area contributed by atoms with Crippen molar-refractivity contribution in [1.82, 2.24) is 0 Å². The monoisotopic (exact) mass is 565 g/mol. The van der Waals surface area contributed by atoms with Crippen LogP contribution in [0, 0.1) is 13.8 Å². The van der Waals surface area contributed by atoms with Crippen LogP contribution in [0.1, 0.15) is 60.4 Å². The molecule has 2 nitrogen and oxygen atoms in total. The van der Waals surface area contributed by atoms with Crippen molar-refractivity contribution in [3.05, 3.63) is 189 Å². The summed E-state index contributed by atoms with van der Waals surface area (Å²) in [5, 5.41) is 0. The maximum Gasteiger partial charge on any atom is 0.193 e. The molecule has 0 fully saturated rings. The van der Waals surface area contributed by atoms with E-state index in [2.05, 4.69) is 105 Å². The predicted octanol–water partition coefficient (Wildman–Crippen LogP) is 9.35. The molecule has 0 bridgehead atoms. The van der Waals surface area contributed by atoms with Gasteiger partial charge in [-0.1, -0.05) is 132 Å². The minimum absolute atomic E-state index is 0.0385. The fraction of sp³-hybridized carbons (Fsp3) is 0.0952. The molecule has 2 aliphatic carbocycles. The Labute approximate surface area is 258 Å². The van der Waals surface area contributed by atoms with Crippen molar-refractivity contribution in [3.8, 4) is 22.3 Å². The molecule has 0 radical (unpaired) electrons. The van der Waals surface area contributed by atoms with E-state index in [0.29, 0.717) is 11.1 Å². The van der Waals surface area contributed by atoms with Gasteiger partial charge in [0.25, 0.3) is 0 Å². The number of carbonyl (C=O) groups is 1. The molecule has 2 aliphatic rings. The number of ketones is 1. The fourth-order valence-corrected chi connectivity index (χ4v) is 7.52. The van der Waals surface area contributed by atoms with Crippen molar-refractivity contribution in [1.29, 1.82) is 0 Å². The molecule has 6 aromatic carbocycles. The van der Waals surface area contributed by atoms with Gasteiger partial charge in [0.2, 0.25) is 0 Å². The van der Waals surface area contributed by atoms with E-state index in [-0.39, 0.29) is 5.78 Å². The van der Waals surface area contributed by atoms with Crippen LogP contribution in [0.2, 0.25) is 0 Å². The molecule has 0 amide bonds. The fourth-order valence-electron chi connectivity index (χ4n) is 7.52. The summed E-state index contributed by atoms with van der Waals surface area (Å²) in [5.41, 5.74) is 16.2. The van der Waals surface area contributed by atoms with Gasteiger partial charge in [0, 0.05) is 29.3 Å². The number of hydrogen-bond acceptors (Lipinski definition) is 2. The maximum absolute atomic E-state index is 13.8. The minimum atomic E-state index is -0.564. The first-order valence-electron chi connectivity index (χ1n) is 15.1. The zero-order valence-electron chi connectivity index (χ0n) is 25.1. The van der Waals surface area contributed by atoms with E-state index in [1.54, 1.807) is 0 Å². The molecule has 44 heavy (non-hydrogen) atoms. The van der Waals surface area contributed by atoms with Gasteiger partial charge in [0.15, 0.2) is 5.78 Å². The van der Waals surface area contributed by atoms with Crippen LogP contribution >= 0.6 is 0 Å². The highest BCUT2D eigenvalue weighted by Gasteiger charge is 2.52. The van der Waals surface area contributed by atoms with Gasteiger partial charge in [0.1, 0.15) is 0 Å². The lowest BCUT2D eigenvalue weighted by Gasteiger charge is -2.31. The quantitative estimate of drug-likeness (QED) is 0.154. The minimum Gasteiger partial charge on any atom is -0.289 e. The summed E-state index contributed by atoms with van der Waals surface area (Å²) in [5.74, 6) is 0.0385. The number of hydrogen-bond donors (Lipinski definition) is 0. The normalized spacial score (nSPS) is 15.9. The summed E-state index contributed by atoms with van der Waals surface area (Å²) in [6.07, 6.45) is 0. The topological polar surface area (TPSA) is 29.4 Å². The number of carbonyl (C=O) groups excluding carboxylic acids is 1. The first-order valence-corrected chi connectivity index (χ1v) is 15.1. The summed E-state index contributed by atoms with van der Waals surface area (Å²) >= 11 is 0. The van der Waals surface area contributed by atoms with E-state index in [1.807, 2.05) is 49.5 Å². The van der Waals surface area contributed by atoms with Crippen LogP contribution in [-0.2, 0) is 5.41 Å². The molecule has 0 heterocycles. The Bertz CT molecular complexity index is 2140. The Hall–Kier alpha value is -5.34. The molecule has 0 N–H and O–H groups in total. The summed E-state index contributed by atoms with van der Waals surface area (Å²) in [6, 6.07) is 46.8. The third-order valence-corrected chi connectivity index (χ3v) is 9.43. The van der Waals surface area contributed by atoms with Crippen molar-refractivity contribution < 1.29 is 4.79 Å². The summed E-state index contributed by atoms with van der Waals surface area (Å²) in [7, 11) is 1.87. The molecule has 1 spiro atoms. The van der Waals surface area contributed by atoms with Crippen LogP contribution in [0.3, 0.4) is 0 Å². The Balaban J connectivity index is 1.46. The molecule has 0 aliphatic heterocycles. The van der Waals surface area contributed by atoms with E-state index < -0.39 is 5.41 Å². The largest absolute Gasteiger partial charge is 0.289 e. The van der Waals surface area contributed by atoms with Gasteiger partial charge in [-0.25, -0.2) is 0 Å². The summed E-state index contributed by atoms with van der Waals surface area (Å²) < 4.78 is 0. The molecule has 0 saturated carbocycles. The van der Waals surface area contributed by atoms with Crippen LogP contribution in [0.5, 0.6) is 0 Å². The third kappa shape index (κ3) is 3.67. The highest BCUT2D eigenvalue weighted by molar-refractivity contribution is 6.14. The molecule has 0 saturated heterocycles. The molecule has 210 valence electrons. The van der Waals surface area contributed by atoms with Gasteiger partial charge in [-0.2, -0.15) is 0 Å². The lowest BCUT2D eigenvalue weighted by Crippen LogP contribution is -2.27. The van der Waals surface area contributed by atoms with E-state index in [0.717, 1.165) is 22.4 Å². The number of aryl methyl sites for hydroxylation is 2.